The Bertz CT molecular complexity index is 302. The molecule has 60 valence electrons. The van der Waals surface area contributed by atoms with Crippen LogP contribution in [0.5, 0.6) is 0 Å². The third kappa shape index (κ3) is 7.53. The maximum absolute atomic E-state index is 9.91. The molecule has 0 aliphatic heterocycles. The van der Waals surface area contributed by atoms with Crippen LogP contribution >= 0.6 is 0 Å². The molecular weight excluding hydrogens is 182 g/mol. The topological polar surface area (TPSA) is 101 Å². The maximum Gasteiger partial charge on any atom is 0.311 e. The predicted molar refractivity (Wildman–Crippen MR) is 32.6 cm³/mol. The van der Waals surface area contributed by atoms with Gasteiger partial charge in [0.1, 0.15) is 0 Å². The SMILES string of the molecule is O=S(=O)=NCCS(=O)(=O)O. The largest absolute Gasteiger partial charge is 0.311 e. The number of hydrogen-bond acceptors (Lipinski definition) is 5. The molecule has 0 atom stereocenters. The van der Waals surface area contributed by atoms with Crippen molar-refractivity contribution >= 4 is 20.6 Å². The quantitative estimate of drug-likeness (QED) is 0.567. The molecule has 1 N–H and O–H groups in total. The number of nitrogens with zero attached hydrogens (tertiary/aromatic N) is 1. The smallest absolute Gasteiger partial charge is 0.285 e. The van der Waals surface area contributed by atoms with Crippen LogP contribution in [0.25, 0.3) is 0 Å². The van der Waals surface area contributed by atoms with E-state index in [0.29, 0.717) is 0 Å². The van der Waals surface area contributed by atoms with E-state index in [0.717, 1.165) is 0 Å². The van der Waals surface area contributed by atoms with Crippen molar-refractivity contribution in [3.05, 3.63) is 0 Å². The highest BCUT2D eigenvalue weighted by molar-refractivity contribution is 7.85. The van der Waals surface area contributed by atoms with Gasteiger partial charge in [0, 0.05) is 0 Å². The Morgan fingerprint density at radius 2 is 1.90 bits per heavy atom. The highest BCUT2D eigenvalue weighted by Crippen LogP contribution is 1.80. The van der Waals surface area contributed by atoms with E-state index < -0.39 is 32.9 Å². The molecule has 0 radical (unpaired) electrons. The standard InChI is InChI=1S/C2H5NO5S2/c4-9(5)3-1-2-10(6,7)8/h1-2H2,(H,6,7,8). The molecular formula is C2H5NO5S2. The molecule has 0 aromatic carbocycles. The monoisotopic (exact) mass is 187 g/mol. The first-order valence-electron chi connectivity index (χ1n) is 2.14. The summed E-state index contributed by atoms with van der Waals surface area (Å²) in [6, 6.07) is 0. The van der Waals surface area contributed by atoms with Gasteiger partial charge in [-0.1, -0.05) is 0 Å². The Kier molecular flexibility index (Phi) is 3.47. The summed E-state index contributed by atoms with van der Waals surface area (Å²) in [5.74, 6) is -0.666. The van der Waals surface area contributed by atoms with Crippen molar-refractivity contribution in [1.82, 2.24) is 0 Å². The van der Waals surface area contributed by atoms with Gasteiger partial charge in [0.25, 0.3) is 10.1 Å². The second kappa shape index (κ2) is 3.64. The molecule has 0 spiro atoms. The zero-order valence-corrected chi connectivity index (χ0v) is 6.39. The molecule has 10 heavy (non-hydrogen) atoms. The lowest BCUT2D eigenvalue weighted by Gasteiger charge is -1.86. The predicted octanol–water partition coefficient (Wildman–Crippen LogP) is -1.06. The second-order valence-electron chi connectivity index (χ2n) is 1.36. The molecule has 0 unspecified atom stereocenters. The summed E-state index contributed by atoms with van der Waals surface area (Å²) in [5, 5.41) is 0. The van der Waals surface area contributed by atoms with Gasteiger partial charge in [0.05, 0.1) is 12.3 Å². The van der Waals surface area contributed by atoms with E-state index in [9.17, 15) is 16.8 Å². The lowest BCUT2D eigenvalue weighted by atomic mass is 10.8. The van der Waals surface area contributed by atoms with Crippen molar-refractivity contribution in [2.24, 2.45) is 4.36 Å². The summed E-state index contributed by atoms with van der Waals surface area (Å²) in [7, 11) is -6.69. The molecule has 0 heterocycles. The Morgan fingerprint density at radius 3 is 2.20 bits per heavy atom. The van der Waals surface area contributed by atoms with Crippen LogP contribution in [-0.4, -0.2) is 33.7 Å². The van der Waals surface area contributed by atoms with E-state index in [1.165, 1.54) is 0 Å². The summed E-state index contributed by atoms with van der Waals surface area (Å²) >= 11 is 0. The Labute approximate surface area is 59.3 Å². The third-order valence-electron chi connectivity index (χ3n) is 0.546. The molecule has 0 aromatic rings. The first kappa shape index (κ1) is 9.53. The summed E-state index contributed by atoms with van der Waals surface area (Å²) in [6.07, 6.45) is 0. The van der Waals surface area contributed by atoms with E-state index in [4.69, 9.17) is 4.55 Å². The molecule has 0 rings (SSSR count). The minimum Gasteiger partial charge on any atom is -0.285 e. The van der Waals surface area contributed by atoms with Gasteiger partial charge in [-0.25, -0.2) is 0 Å². The van der Waals surface area contributed by atoms with Gasteiger partial charge in [-0.2, -0.15) is 21.2 Å². The van der Waals surface area contributed by atoms with Gasteiger partial charge < -0.3 is 0 Å². The van der Waals surface area contributed by atoms with Crippen molar-refractivity contribution in [1.29, 1.82) is 0 Å². The van der Waals surface area contributed by atoms with Crippen molar-refractivity contribution in [3.63, 3.8) is 0 Å². The van der Waals surface area contributed by atoms with E-state index in [1.54, 1.807) is 0 Å². The molecule has 0 saturated carbocycles. The van der Waals surface area contributed by atoms with Crippen LogP contribution in [0.2, 0.25) is 0 Å². The zero-order valence-electron chi connectivity index (χ0n) is 4.76. The van der Waals surface area contributed by atoms with Crippen LogP contribution < -0.4 is 0 Å². The fourth-order valence-electron chi connectivity index (χ4n) is 0.227. The minimum absolute atomic E-state index is 0.436. The third-order valence-corrected chi connectivity index (χ3v) is 1.64. The molecule has 0 fully saturated rings. The highest BCUT2D eigenvalue weighted by atomic mass is 32.2. The Morgan fingerprint density at radius 1 is 1.40 bits per heavy atom. The van der Waals surface area contributed by atoms with Crippen LogP contribution in [0, 0.1) is 0 Å². The summed E-state index contributed by atoms with van der Waals surface area (Å²) < 4.78 is 49.9. The van der Waals surface area contributed by atoms with Gasteiger partial charge in [-0.15, -0.1) is 0 Å². The van der Waals surface area contributed by atoms with Crippen LogP contribution in [0.3, 0.4) is 0 Å². The van der Waals surface area contributed by atoms with E-state index in [2.05, 4.69) is 4.36 Å². The molecule has 0 amide bonds. The Hall–Kier alpha value is -0.470. The van der Waals surface area contributed by atoms with Crippen LogP contribution in [0.15, 0.2) is 4.36 Å². The zero-order chi connectivity index (χ0) is 8.20. The van der Waals surface area contributed by atoms with Crippen molar-refractivity contribution in [3.8, 4) is 0 Å². The second-order valence-corrected chi connectivity index (χ2v) is 3.62. The Balaban J connectivity index is 3.93. The van der Waals surface area contributed by atoms with Gasteiger partial charge in [-0.05, 0) is 0 Å². The van der Waals surface area contributed by atoms with Crippen molar-refractivity contribution in [2.45, 2.75) is 0 Å². The number of rotatable bonds is 3. The summed E-state index contributed by atoms with van der Waals surface area (Å²) in [4.78, 5) is 0. The fraction of sp³-hybridized carbons (Fsp3) is 1.00. The van der Waals surface area contributed by atoms with Gasteiger partial charge >= 0.3 is 10.5 Å². The van der Waals surface area contributed by atoms with E-state index in [-0.39, 0.29) is 0 Å². The lowest BCUT2D eigenvalue weighted by Crippen LogP contribution is -2.06. The van der Waals surface area contributed by atoms with E-state index >= 15 is 0 Å². The van der Waals surface area contributed by atoms with Crippen LogP contribution in [0.1, 0.15) is 0 Å². The first-order valence-corrected chi connectivity index (χ1v) is 4.78. The molecule has 8 heteroatoms. The van der Waals surface area contributed by atoms with Crippen molar-refractivity contribution < 1.29 is 21.4 Å². The van der Waals surface area contributed by atoms with Gasteiger partial charge in [-0.3, -0.25) is 4.55 Å². The van der Waals surface area contributed by atoms with Crippen LogP contribution in [0.4, 0.5) is 0 Å². The number of hydrogen-bond donors (Lipinski definition) is 1. The molecule has 0 aliphatic rings. The fourth-order valence-corrected chi connectivity index (χ4v) is 0.905. The van der Waals surface area contributed by atoms with Gasteiger partial charge in [0.2, 0.25) is 0 Å². The lowest BCUT2D eigenvalue weighted by molar-refractivity contribution is 0.483. The van der Waals surface area contributed by atoms with Crippen LogP contribution in [-0.2, 0) is 20.6 Å². The maximum atomic E-state index is 9.91. The average molecular weight is 187 g/mol. The normalized spacial score (nSPS) is 10.9. The molecule has 0 bridgehead atoms. The molecule has 0 saturated heterocycles. The molecule has 0 aromatic heterocycles. The first-order chi connectivity index (χ1) is 4.42. The average Bonchev–Trinajstić information content (AvgIpc) is 1.59. The van der Waals surface area contributed by atoms with Gasteiger partial charge in [0.15, 0.2) is 0 Å². The minimum atomic E-state index is -4.09. The summed E-state index contributed by atoms with van der Waals surface area (Å²) in [5.41, 5.74) is 0. The molecule has 0 aliphatic carbocycles. The summed E-state index contributed by atoms with van der Waals surface area (Å²) in [6.45, 7) is -0.436. The van der Waals surface area contributed by atoms with E-state index in [1.807, 2.05) is 0 Å². The van der Waals surface area contributed by atoms with Crippen molar-refractivity contribution in [2.75, 3.05) is 12.3 Å². The highest BCUT2D eigenvalue weighted by Gasteiger charge is 2.01. The molecule has 6 nitrogen and oxygen atoms in total.